The van der Waals surface area contributed by atoms with Gasteiger partial charge in [-0.1, -0.05) is 200 Å². The highest BCUT2D eigenvalue weighted by Crippen LogP contribution is 2.46. The fraction of sp³-hybridized carbons (Fsp3) is 0. The van der Waals surface area contributed by atoms with E-state index in [9.17, 15) is 0 Å². The molecule has 0 atom stereocenters. The van der Waals surface area contributed by atoms with Crippen molar-refractivity contribution in [2.45, 2.75) is 0 Å². The Morgan fingerprint density at radius 3 is 1.33 bits per heavy atom. The Balaban J connectivity index is 1.23. The molecular weight excluding hydrogens is 625 g/mol. The first kappa shape index (κ1) is 30.1. The van der Waals surface area contributed by atoms with Crippen LogP contribution in [0.5, 0.6) is 0 Å². The smallest absolute Gasteiger partial charge is 0.00262 e. The van der Waals surface area contributed by atoms with Gasteiger partial charge >= 0.3 is 0 Å². The lowest BCUT2D eigenvalue weighted by Gasteiger charge is -2.19. The first-order chi connectivity index (χ1) is 25.8. The van der Waals surface area contributed by atoms with Crippen LogP contribution in [0.25, 0.3) is 98.7 Å². The first-order valence-electron chi connectivity index (χ1n) is 18.0. The Morgan fingerprint density at radius 1 is 0.212 bits per heavy atom. The van der Waals surface area contributed by atoms with Crippen LogP contribution >= 0.6 is 0 Å². The molecule has 0 bridgehead atoms. The van der Waals surface area contributed by atoms with Gasteiger partial charge in [-0.05, 0) is 105 Å². The maximum Gasteiger partial charge on any atom is -0.00262 e. The van der Waals surface area contributed by atoms with Crippen LogP contribution in [-0.4, -0.2) is 0 Å². The third-order valence-electron chi connectivity index (χ3n) is 10.7. The highest BCUT2D eigenvalue weighted by Gasteiger charge is 2.19. The molecule has 242 valence electrons. The SMILES string of the molecule is c1ccc(-c2c3ccccc3c(-c3ccc(-c4cccc5ccccc45)cc3)c3ccc(-c4cccc5cccc(-c6ccccc6)c45)cc23)cc1. The van der Waals surface area contributed by atoms with E-state index in [4.69, 9.17) is 0 Å². The maximum atomic E-state index is 2.44. The van der Waals surface area contributed by atoms with Crippen LogP contribution in [0.3, 0.4) is 0 Å². The summed E-state index contributed by atoms with van der Waals surface area (Å²) in [6.45, 7) is 0. The highest BCUT2D eigenvalue weighted by atomic mass is 14.2. The van der Waals surface area contributed by atoms with E-state index in [1.54, 1.807) is 0 Å². The highest BCUT2D eigenvalue weighted by molar-refractivity contribution is 6.22. The molecule has 0 N–H and O–H groups in total. The predicted molar refractivity (Wildman–Crippen MR) is 224 cm³/mol. The van der Waals surface area contributed by atoms with Crippen LogP contribution < -0.4 is 0 Å². The van der Waals surface area contributed by atoms with Gasteiger partial charge in [-0.25, -0.2) is 0 Å². The van der Waals surface area contributed by atoms with Crippen molar-refractivity contribution in [1.29, 1.82) is 0 Å². The Kier molecular flexibility index (Phi) is 7.25. The van der Waals surface area contributed by atoms with Gasteiger partial charge in [0.2, 0.25) is 0 Å². The summed E-state index contributed by atoms with van der Waals surface area (Å²) in [6.07, 6.45) is 0. The summed E-state index contributed by atoms with van der Waals surface area (Å²) in [6, 6.07) is 75.5. The molecule has 0 aliphatic heterocycles. The predicted octanol–water partition coefficient (Wildman–Crippen LogP) is 14.6. The van der Waals surface area contributed by atoms with Crippen molar-refractivity contribution >= 4 is 43.1 Å². The third kappa shape index (κ3) is 5.00. The van der Waals surface area contributed by atoms with Gasteiger partial charge in [-0.3, -0.25) is 0 Å². The van der Waals surface area contributed by atoms with E-state index in [-0.39, 0.29) is 0 Å². The zero-order valence-corrected chi connectivity index (χ0v) is 28.6. The summed E-state index contributed by atoms with van der Waals surface area (Å²) in [5, 5.41) is 10.1. The molecule has 10 aromatic rings. The molecule has 0 saturated heterocycles. The minimum atomic E-state index is 1.21. The van der Waals surface area contributed by atoms with Gasteiger partial charge in [-0.15, -0.1) is 0 Å². The summed E-state index contributed by atoms with van der Waals surface area (Å²) in [5.74, 6) is 0. The van der Waals surface area contributed by atoms with Crippen molar-refractivity contribution in [2.24, 2.45) is 0 Å². The van der Waals surface area contributed by atoms with Gasteiger partial charge in [0.15, 0.2) is 0 Å². The molecular formula is C52H34. The van der Waals surface area contributed by atoms with Crippen molar-refractivity contribution in [3.8, 4) is 55.6 Å². The van der Waals surface area contributed by atoms with E-state index in [0.29, 0.717) is 0 Å². The van der Waals surface area contributed by atoms with Crippen molar-refractivity contribution in [3.63, 3.8) is 0 Å². The minimum absolute atomic E-state index is 1.21. The van der Waals surface area contributed by atoms with Crippen molar-refractivity contribution in [3.05, 3.63) is 206 Å². The summed E-state index contributed by atoms with van der Waals surface area (Å²) in [5.41, 5.74) is 12.4. The molecule has 0 spiro atoms. The molecule has 0 heteroatoms. The van der Waals surface area contributed by atoms with Crippen molar-refractivity contribution in [2.75, 3.05) is 0 Å². The number of hydrogen-bond donors (Lipinski definition) is 0. The lowest BCUT2D eigenvalue weighted by Crippen LogP contribution is -1.92. The number of hydrogen-bond acceptors (Lipinski definition) is 0. The Bertz CT molecular complexity index is 2910. The van der Waals surface area contributed by atoms with Gasteiger partial charge in [0.05, 0.1) is 0 Å². The van der Waals surface area contributed by atoms with E-state index >= 15 is 0 Å². The molecule has 0 nitrogen and oxygen atoms in total. The van der Waals surface area contributed by atoms with Crippen molar-refractivity contribution in [1.82, 2.24) is 0 Å². The second kappa shape index (κ2) is 12.5. The summed E-state index contributed by atoms with van der Waals surface area (Å²) in [7, 11) is 0. The van der Waals surface area contributed by atoms with E-state index in [0.717, 1.165) is 0 Å². The number of fused-ring (bicyclic) bond motifs is 4. The molecule has 0 fully saturated rings. The number of benzene rings is 10. The fourth-order valence-corrected chi connectivity index (χ4v) is 8.31. The van der Waals surface area contributed by atoms with Crippen LogP contribution in [0, 0.1) is 0 Å². The maximum absolute atomic E-state index is 2.44. The second-order valence-corrected chi connectivity index (χ2v) is 13.6. The standard InChI is InChI=1S/C52H34/c1-3-14-36(15-4-1)44-26-12-20-39-21-13-27-45(50(39)44)41-32-33-48-49(34-41)52(38-17-5-2-6-18-38)47-24-10-9-23-46(47)51(48)40-30-28-37(29-31-40)43-25-11-19-35-16-7-8-22-42(35)43/h1-34H. The Morgan fingerprint density at radius 2 is 0.635 bits per heavy atom. The molecule has 0 heterocycles. The monoisotopic (exact) mass is 658 g/mol. The summed E-state index contributed by atoms with van der Waals surface area (Å²) < 4.78 is 0. The largest absolute Gasteiger partial charge is 0.0622 e. The molecule has 0 radical (unpaired) electrons. The molecule has 0 aliphatic rings. The summed E-state index contributed by atoms with van der Waals surface area (Å²) in [4.78, 5) is 0. The molecule has 52 heavy (non-hydrogen) atoms. The van der Waals surface area contributed by atoms with Gasteiger partial charge in [0.25, 0.3) is 0 Å². The zero-order chi connectivity index (χ0) is 34.4. The normalized spacial score (nSPS) is 11.5. The molecule has 0 unspecified atom stereocenters. The average Bonchev–Trinajstić information content (AvgIpc) is 3.22. The van der Waals surface area contributed by atoms with Crippen LogP contribution in [-0.2, 0) is 0 Å². The molecule has 0 saturated carbocycles. The number of rotatable bonds is 5. The minimum Gasteiger partial charge on any atom is -0.0622 e. The van der Waals surface area contributed by atoms with E-state index in [1.807, 2.05) is 0 Å². The van der Waals surface area contributed by atoms with Crippen LogP contribution in [0.4, 0.5) is 0 Å². The van der Waals surface area contributed by atoms with Gasteiger partial charge < -0.3 is 0 Å². The van der Waals surface area contributed by atoms with Gasteiger partial charge in [-0.2, -0.15) is 0 Å². The lowest BCUT2D eigenvalue weighted by atomic mass is 9.84. The molecule has 0 amide bonds. The molecule has 10 rings (SSSR count). The van der Waals surface area contributed by atoms with E-state index < -0.39 is 0 Å². The quantitative estimate of drug-likeness (QED) is 0.161. The Hall–Kier alpha value is -6.76. The van der Waals surface area contributed by atoms with Gasteiger partial charge in [0.1, 0.15) is 0 Å². The zero-order valence-electron chi connectivity index (χ0n) is 28.6. The van der Waals surface area contributed by atoms with Gasteiger partial charge in [0, 0.05) is 0 Å². The molecule has 0 aromatic heterocycles. The molecule has 0 aliphatic carbocycles. The van der Waals surface area contributed by atoms with Crippen molar-refractivity contribution < 1.29 is 0 Å². The summed E-state index contributed by atoms with van der Waals surface area (Å²) >= 11 is 0. The topological polar surface area (TPSA) is 0 Å². The first-order valence-corrected chi connectivity index (χ1v) is 18.0. The van der Waals surface area contributed by atoms with Crippen LogP contribution in [0.15, 0.2) is 206 Å². The average molecular weight is 659 g/mol. The molecule has 10 aromatic carbocycles. The van der Waals surface area contributed by atoms with E-state index in [1.165, 1.54) is 98.7 Å². The lowest BCUT2D eigenvalue weighted by molar-refractivity contribution is 1.62. The van der Waals surface area contributed by atoms with Crippen LogP contribution in [0.2, 0.25) is 0 Å². The third-order valence-corrected chi connectivity index (χ3v) is 10.7. The fourth-order valence-electron chi connectivity index (χ4n) is 8.31. The van der Waals surface area contributed by atoms with Crippen LogP contribution in [0.1, 0.15) is 0 Å². The van der Waals surface area contributed by atoms with E-state index in [2.05, 4.69) is 206 Å². The second-order valence-electron chi connectivity index (χ2n) is 13.6. The Labute approximate surface area is 303 Å².